The van der Waals surface area contributed by atoms with Crippen LogP contribution in [0, 0.1) is 13.8 Å². The number of aryl methyl sites for hydroxylation is 2. The summed E-state index contributed by atoms with van der Waals surface area (Å²) in [7, 11) is -1.71. The normalized spacial score (nSPS) is 20.7. The van der Waals surface area contributed by atoms with Gasteiger partial charge in [-0.1, -0.05) is 0 Å². The van der Waals surface area contributed by atoms with Gasteiger partial charge in [-0.15, -0.1) is 0 Å². The molecule has 0 radical (unpaired) electrons. The highest BCUT2D eigenvalue weighted by Gasteiger charge is 2.33. The van der Waals surface area contributed by atoms with Crippen molar-refractivity contribution in [3.05, 3.63) is 23.3 Å². The van der Waals surface area contributed by atoms with E-state index in [-0.39, 0.29) is 6.54 Å². The van der Waals surface area contributed by atoms with E-state index >= 15 is 0 Å². The molecule has 1 atom stereocenters. The SMILES string of the molecule is CNc1cc(C)c(S(=O)(=O)N2CCC(O)C2)c(C)c1. The number of sulfonamides is 1. The molecule has 19 heavy (non-hydrogen) atoms. The van der Waals surface area contributed by atoms with Crippen LogP contribution in [0.3, 0.4) is 0 Å². The summed E-state index contributed by atoms with van der Waals surface area (Å²) in [5.74, 6) is 0. The first kappa shape index (κ1) is 14.3. The zero-order valence-corrected chi connectivity index (χ0v) is 12.3. The second-order valence-corrected chi connectivity index (χ2v) is 6.87. The van der Waals surface area contributed by atoms with Crippen LogP contribution in [0.4, 0.5) is 5.69 Å². The molecule has 6 heteroatoms. The topological polar surface area (TPSA) is 69.6 Å². The third kappa shape index (κ3) is 2.61. The Morgan fingerprint density at radius 2 is 1.89 bits per heavy atom. The van der Waals surface area contributed by atoms with E-state index in [1.54, 1.807) is 20.9 Å². The van der Waals surface area contributed by atoms with Gasteiger partial charge in [-0.3, -0.25) is 0 Å². The predicted octanol–water partition coefficient (Wildman–Crippen LogP) is 1.10. The van der Waals surface area contributed by atoms with Gasteiger partial charge in [-0.05, 0) is 43.5 Å². The molecule has 106 valence electrons. The van der Waals surface area contributed by atoms with E-state index in [9.17, 15) is 13.5 Å². The van der Waals surface area contributed by atoms with Gasteiger partial charge in [0.25, 0.3) is 0 Å². The smallest absolute Gasteiger partial charge is 0.243 e. The Morgan fingerprint density at radius 3 is 2.32 bits per heavy atom. The summed E-state index contributed by atoms with van der Waals surface area (Å²) in [6, 6.07) is 3.65. The Labute approximate surface area is 114 Å². The molecule has 0 aliphatic carbocycles. The molecule has 1 unspecified atom stereocenters. The molecule has 1 saturated heterocycles. The number of rotatable bonds is 3. The molecule has 0 aromatic heterocycles. The van der Waals surface area contributed by atoms with Gasteiger partial charge in [-0.2, -0.15) is 4.31 Å². The number of hydrogen-bond donors (Lipinski definition) is 2. The Hall–Kier alpha value is -1.11. The highest BCUT2D eigenvalue weighted by Crippen LogP contribution is 2.29. The van der Waals surface area contributed by atoms with Crippen LogP contribution in [0.5, 0.6) is 0 Å². The Kier molecular flexibility index (Phi) is 3.85. The molecule has 0 amide bonds. The summed E-state index contributed by atoms with van der Waals surface area (Å²) < 4.78 is 26.6. The summed E-state index contributed by atoms with van der Waals surface area (Å²) in [6.07, 6.45) is -0.0432. The van der Waals surface area contributed by atoms with Crippen molar-refractivity contribution in [2.24, 2.45) is 0 Å². The number of nitrogens with zero attached hydrogens (tertiary/aromatic N) is 1. The van der Waals surface area contributed by atoms with Gasteiger partial charge in [0.05, 0.1) is 11.0 Å². The van der Waals surface area contributed by atoms with Gasteiger partial charge in [0.2, 0.25) is 10.0 Å². The highest BCUT2D eigenvalue weighted by molar-refractivity contribution is 7.89. The second kappa shape index (κ2) is 5.11. The Morgan fingerprint density at radius 1 is 1.32 bits per heavy atom. The predicted molar refractivity (Wildman–Crippen MR) is 74.8 cm³/mol. The number of benzene rings is 1. The van der Waals surface area contributed by atoms with Crippen LogP contribution in [0.25, 0.3) is 0 Å². The van der Waals surface area contributed by atoms with Crippen molar-refractivity contribution in [2.75, 3.05) is 25.5 Å². The maximum Gasteiger partial charge on any atom is 0.243 e. The first-order valence-corrected chi connectivity index (χ1v) is 7.77. The van der Waals surface area contributed by atoms with Gasteiger partial charge in [0.15, 0.2) is 0 Å². The average Bonchev–Trinajstić information content (AvgIpc) is 2.75. The number of aliphatic hydroxyl groups is 1. The molecule has 1 fully saturated rings. The standard InChI is InChI=1S/C13H20N2O3S/c1-9-6-11(14-3)7-10(2)13(9)19(17,18)15-5-4-12(16)8-15/h6-7,12,14,16H,4-5,8H2,1-3H3. The second-order valence-electron chi connectivity index (χ2n) is 4.99. The maximum absolute atomic E-state index is 12.6. The summed E-state index contributed by atoms with van der Waals surface area (Å²) in [5, 5.41) is 12.5. The van der Waals surface area contributed by atoms with E-state index in [4.69, 9.17) is 0 Å². The molecule has 1 aromatic carbocycles. The molecule has 0 bridgehead atoms. The molecule has 5 nitrogen and oxygen atoms in total. The van der Waals surface area contributed by atoms with Crippen molar-refractivity contribution in [1.82, 2.24) is 4.31 Å². The molecule has 1 aliphatic rings. The number of anilines is 1. The zero-order valence-electron chi connectivity index (χ0n) is 11.5. The van der Waals surface area contributed by atoms with Crippen LogP contribution in [-0.4, -0.2) is 44.1 Å². The fraction of sp³-hybridized carbons (Fsp3) is 0.538. The summed E-state index contributed by atoms with van der Waals surface area (Å²) >= 11 is 0. The summed E-state index contributed by atoms with van der Waals surface area (Å²) in [5.41, 5.74) is 2.35. The minimum atomic E-state index is -3.51. The third-order valence-corrected chi connectivity index (χ3v) is 5.64. The van der Waals surface area contributed by atoms with Gasteiger partial charge >= 0.3 is 0 Å². The zero-order chi connectivity index (χ0) is 14.2. The molecular weight excluding hydrogens is 264 g/mol. The molecular formula is C13H20N2O3S. The number of hydrogen-bond acceptors (Lipinski definition) is 4. The van der Waals surface area contributed by atoms with Crippen LogP contribution in [0.15, 0.2) is 17.0 Å². The van der Waals surface area contributed by atoms with Gasteiger partial charge in [-0.25, -0.2) is 8.42 Å². The maximum atomic E-state index is 12.6. The van der Waals surface area contributed by atoms with Gasteiger partial charge in [0, 0.05) is 25.8 Å². The Balaban J connectivity index is 2.46. The minimum Gasteiger partial charge on any atom is -0.392 e. The number of aliphatic hydroxyl groups excluding tert-OH is 1. The average molecular weight is 284 g/mol. The quantitative estimate of drug-likeness (QED) is 0.872. The monoisotopic (exact) mass is 284 g/mol. The summed E-state index contributed by atoms with van der Waals surface area (Å²) in [6.45, 7) is 4.17. The van der Waals surface area contributed by atoms with E-state index in [0.717, 1.165) is 16.8 Å². The lowest BCUT2D eigenvalue weighted by atomic mass is 10.1. The van der Waals surface area contributed by atoms with Gasteiger partial charge < -0.3 is 10.4 Å². The largest absolute Gasteiger partial charge is 0.392 e. The lowest BCUT2D eigenvalue weighted by Crippen LogP contribution is -2.30. The van der Waals surface area contributed by atoms with Crippen LogP contribution in [-0.2, 0) is 10.0 Å². The number of nitrogens with one attached hydrogen (secondary N) is 1. The Bertz CT molecular complexity index is 561. The fourth-order valence-electron chi connectivity index (χ4n) is 2.56. The van der Waals surface area contributed by atoms with Crippen molar-refractivity contribution in [3.63, 3.8) is 0 Å². The van der Waals surface area contributed by atoms with Crippen molar-refractivity contribution < 1.29 is 13.5 Å². The van der Waals surface area contributed by atoms with E-state index in [1.807, 2.05) is 12.1 Å². The minimum absolute atomic E-state index is 0.189. The van der Waals surface area contributed by atoms with Crippen LogP contribution in [0.1, 0.15) is 17.5 Å². The lowest BCUT2D eigenvalue weighted by molar-refractivity contribution is 0.189. The van der Waals surface area contributed by atoms with Gasteiger partial charge in [0.1, 0.15) is 0 Å². The summed E-state index contributed by atoms with van der Waals surface area (Å²) in [4.78, 5) is 0.362. The van der Waals surface area contributed by atoms with Crippen molar-refractivity contribution in [3.8, 4) is 0 Å². The lowest BCUT2D eigenvalue weighted by Gasteiger charge is -2.20. The first-order chi connectivity index (χ1) is 8.86. The molecule has 1 aromatic rings. The molecule has 1 aliphatic heterocycles. The molecule has 2 rings (SSSR count). The van der Waals surface area contributed by atoms with Crippen LogP contribution < -0.4 is 5.32 Å². The van der Waals surface area contributed by atoms with Crippen LogP contribution >= 0.6 is 0 Å². The molecule has 0 spiro atoms. The molecule has 1 heterocycles. The van der Waals surface area contributed by atoms with E-state index in [2.05, 4.69) is 5.32 Å². The van der Waals surface area contributed by atoms with Crippen molar-refractivity contribution in [2.45, 2.75) is 31.3 Å². The van der Waals surface area contributed by atoms with E-state index in [1.165, 1.54) is 4.31 Å². The van der Waals surface area contributed by atoms with E-state index < -0.39 is 16.1 Å². The number of β-amino-alcohol motifs (C(OH)–C–C–N with tert-alkyl or cyclic N) is 1. The molecule has 2 N–H and O–H groups in total. The fourth-order valence-corrected chi connectivity index (χ4v) is 4.46. The van der Waals surface area contributed by atoms with E-state index in [0.29, 0.717) is 17.9 Å². The first-order valence-electron chi connectivity index (χ1n) is 6.33. The van der Waals surface area contributed by atoms with Crippen molar-refractivity contribution in [1.29, 1.82) is 0 Å². The third-order valence-electron chi connectivity index (χ3n) is 3.47. The van der Waals surface area contributed by atoms with Crippen LogP contribution in [0.2, 0.25) is 0 Å². The van der Waals surface area contributed by atoms with Crippen molar-refractivity contribution >= 4 is 15.7 Å². The molecule has 0 saturated carbocycles. The highest BCUT2D eigenvalue weighted by atomic mass is 32.2.